The zero-order chi connectivity index (χ0) is 31.1. The maximum atomic E-state index is 14.8. The predicted octanol–water partition coefficient (Wildman–Crippen LogP) is 4.80. The number of benzene rings is 1. The molecule has 3 heterocycles. The molecule has 3 aromatic heterocycles. The summed E-state index contributed by atoms with van der Waals surface area (Å²) in [6.45, 7) is 5.96. The third-order valence-electron chi connectivity index (χ3n) is 5.91. The number of fused-ring (bicyclic) bond motifs is 1. The lowest BCUT2D eigenvalue weighted by Gasteiger charge is -2.24. The zero-order valence-corrected chi connectivity index (χ0v) is 24.7. The van der Waals surface area contributed by atoms with Gasteiger partial charge in [-0.25, -0.2) is 9.18 Å². The SMILES string of the molecule is COCC(NCc1ccc(-c2cc3nccc(Oc4ccc(NC(C=O)C(=O)O)cc4F)c3s2)nc1)C(=O)OC(C)(C)C. The normalized spacial score (nSPS) is 12.9. The zero-order valence-electron chi connectivity index (χ0n) is 23.9. The molecule has 1 aromatic carbocycles. The highest BCUT2D eigenvalue weighted by molar-refractivity contribution is 7.22. The van der Waals surface area contributed by atoms with Crippen molar-refractivity contribution in [2.24, 2.45) is 0 Å². The lowest BCUT2D eigenvalue weighted by atomic mass is 10.2. The van der Waals surface area contributed by atoms with Crippen molar-refractivity contribution in [1.82, 2.24) is 15.3 Å². The number of aliphatic carboxylic acids is 1. The highest BCUT2D eigenvalue weighted by Crippen LogP contribution is 2.39. The first-order chi connectivity index (χ1) is 20.5. The summed E-state index contributed by atoms with van der Waals surface area (Å²) in [4.78, 5) is 44.3. The summed E-state index contributed by atoms with van der Waals surface area (Å²) in [7, 11) is 1.52. The quantitative estimate of drug-likeness (QED) is 0.109. The Morgan fingerprint density at radius 1 is 1.12 bits per heavy atom. The van der Waals surface area contributed by atoms with Crippen LogP contribution in [0.1, 0.15) is 26.3 Å². The Kier molecular flexibility index (Phi) is 10.0. The average Bonchev–Trinajstić information content (AvgIpc) is 3.40. The molecular formula is C30H31FN4O7S. The van der Waals surface area contributed by atoms with E-state index >= 15 is 0 Å². The average molecular weight is 611 g/mol. The number of hydrogen-bond donors (Lipinski definition) is 3. The van der Waals surface area contributed by atoms with Crippen molar-refractivity contribution in [2.75, 3.05) is 19.0 Å². The van der Waals surface area contributed by atoms with E-state index in [1.807, 2.05) is 18.2 Å². The number of rotatable bonds is 13. The van der Waals surface area contributed by atoms with Gasteiger partial charge in [-0.05, 0) is 50.6 Å². The van der Waals surface area contributed by atoms with Crippen molar-refractivity contribution in [1.29, 1.82) is 0 Å². The Balaban J connectivity index is 1.47. The Morgan fingerprint density at radius 3 is 2.53 bits per heavy atom. The van der Waals surface area contributed by atoms with Crippen LogP contribution < -0.4 is 15.4 Å². The molecule has 4 aromatic rings. The Hall–Kier alpha value is -4.46. The van der Waals surface area contributed by atoms with Crippen molar-refractivity contribution < 1.29 is 38.1 Å². The molecule has 4 rings (SSSR count). The van der Waals surface area contributed by atoms with Gasteiger partial charge in [0.05, 0.1) is 27.4 Å². The second-order valence-corrected chi connectivity index (χ2v) is 11.5. The molecule has 0 fully saturated rings. The van der Waals surface area contributed by atoms with Crippen LogP contribution in [0.5, 0.6) is 11.5 Å². The summed E-state index contributed by atoms with van der Waals surface area (Å²) < 4.78 is 32.0. The fraction of sp³-hybridized carbons (Fsp3) is 0.300. The Morgan fingerprint density at radius 2 is 1.91 bits per heavy atom. The second-order valence-electron chi connectivity index (χ2n) is 10.5. The molecule has 0 bridgehead atoms. The molecule has 2 atom stereocenters. The van der Waals surface area contributed by atoms with Gasteiger partial charge >= 0.3 is 11.9 Å². The fourth-order valence-corrected chi connectivity index (χ4v) is 4.95. The number of anilines is 1. The number of pyridine rings is 2. The highest BCUT2D eigenvalue weighted by atomic mass is 32.1. The smallest absolute Gasteiger partial charge is 0.333 e. The van der Waals surface area contributed by atoms with E-state index in [9.17, 15) is 18.8 Å². The Bertz CT molecular complexity index is 1600. The molecule has 2 unspecified atom stereocenters. The number of hydrogen-bond acceptors (Lipinski definition) is 11. The first-order valence-electron chi connectivity index (χ1n) is 13.2. The number of carbonyl (C=O) groups excluding carboxylic acids is 2. The number of methoxy groups -OCH3 is 1. The fourth-order valence-electron chi connectivity index (χ4n) is 3.91. The number of halogens is 1. The monoisotopic (exact) mass is 610 g/mol. The van der Waals surface area contributed by atoms with Gasteiger partial charge in [0, 0.05) is 43.9 Å². The van der Waals surface area contributed by atoms with Gasteiger partial charge in [0.25, 0.3) is 0 Å². The van der Waals surface area contributed by atoms with Gasteiger partial charge in [0.2, 0.25) is 0 Å². The van der Waals surface area contributed by atoms with E-state index in [1.54, 1.807) is 39.2 Å². The van der Waals surface area contributed by atoms with Crippen molar-refractivity contribution in [3.63, 3.8) is 0 Å². The molecule has 0 aliphatic carbocycles. The third-order valence-corrected chi connectivity index (χ3v) is 7.07. The molecule has 0 aliphatic heterocycles. The first-order valence-corrected chi connectivity index (χ1v) is 14.0. The van der Waals surface area contributed by atoms with E-state index in [0.29, 0.717) is 28.2 Å². The van der Waals surface area contributed by atoms with Crippen molar-refractivity contribution >= 4 is 45.5 Å². The van der Waals surface area contributed by atoms with Gasteiger partial charge in [-0.3, -0.25) is 20.1 Å². The number of aldehydes is 1. The Labute approximate surface area is 251 Å². The van der Waals surface area contributed by atoms with E-state index in [4.69, 9.17) is 19.3 Å². The van der Waals surface area contributed by atoms with Crippen molar-refractivity contribution in [3.05, 3.63) is 66.2 Å². The van der Waals surface area contributed by atoms with Crippen LogP contribution >= 0.6 is 11.3 Å². The van der Waals surface area contributed by atoms with Crippen LogP contribution in [0.2, 0.25) is 0 Å². The minimum absolute atomic E-state index is 0.0842. The topological polar surface area (TPSA) is 149 Å². The third kappa shape index (κ3) is 8.31. The molecule has 11 nitrogen and oxygen atoms in total. The van der Waals surface area contributed by atoms with E-state index in [1.165, 1.54) is 30.6 Å². The predicted molar refractivity (Wildman–Crippen MR) is 159 cm³/mol. The molecular weight excluding hydrogens is 579 g/mol. The van der Waals surface area contributed by atoms with E-state index in [0.717, 1.165) is 16.5 Å². The van der Waals surface area contributed by atoms with Crippen LogP contribution in [0.25, 0.3) is 20.8 Å². The van der Waals surface area contributed by atoms with Crippen molar-refractivity contribution in [2.45, 2.75) is 45.0 Å². The summed E-state index contributed by atoms with van der Waals surface area (Å²) in [5.41, 5.74) is 1.69. The number of ether oxygens (including phenoxy) is 3. The van der Waals surface area contributed by atoms with Crippen LogP contribution in [0.4, 0.5) is 10.1 Å². The molecule has 13 heteroatoms. The molecule has 0 saturated carbocycles. The summed E-state index contributed by atoms with van der Waals surface area (Å²) in [6.07, 6.45) is 3.48. The van der Waals surface area contributed by atoms with Crippen LogP contribution in [0, 0.1) is 5.82 Å². The largest absolute Gasteiger partial charge is 0.479 e. The van der Waals surface area contributed by atoms with E-state index in [2.05, 4.69) is 20.6 Å². The molecule has 0 amide bonds. The minimum atomic E-state index is -1.50. The maximum Gasteiger partial charge on any atom is 0.333 e. The standard InChI is InChI=1S/C30H31FN4O7S/c1-30(2,3)42-29(39)23(16-40-4)34-14-17-5-7-20(33-13-17)26-12-21-27(43-26)25(9-10-32-21)41-24-8-6-18(11-19(24)31)35-22(15-36)28(37)38/h5-13,15,22-23,34-35H,14,16H2,1-4H3,(H,37,38). The maximum absolute atomic E-state index is 14.8. The second kappa shape index (κ2) is 13.7. The number of carboxylic acid groups (broad SMARTS) is 1. The number of nitrogens with one attached hydrogen (secondary N) is 2. The molecule has 0 spiro atoms. The molecule has 226 valence electrons. The van der Waals surface area contributed by atoms with E-state index in [-0.39, 0.29) is 24.3 Å². The number of aromatic nitrogens is 2. The summed E-state index contributed by atoms with van der Waals surface area (Å²) in [5, 5.41) is 14.6. The number of nitrogens with zero attached hydrogens (tertiary/aromatic N) is 2. The van der Waals surface area contributed by atoms with Gasteiger partial charge in [-0.1, -0.05) is 6.07 Å². The summed E-state index contributed by atoms with van der Waals surface area (Å²) in [5.74, 6) is -2.22. The molecule has 43 heavy (non-hydrogen) atoms. The lowest BCUT2D eigenvalue weighted by molar-refractivity contribution is -0.159. The lowest BCUT2D eigenvalue weighted by Crippen LogP contribution is -2.43. The molecule has 3 N–H and O–H groups in total. The van der Waals surface area contributed by atoms with Gasteiger partial charge in [0.1, 0.15) is 17.4 Å². The minimum Gasteiger partial charge on any atom is -0.479 e. The van der Waals surface area contributed by atoms with Gasteiger partial charge in [-0.2, -0.15) is 0 Å². The summed E-state index contributed by atoms with van der Waals surface area (Å²) >= 11 is 1.38. The van der Waals surface area contributed by atoms with Crippen LogP contribution in [-0.4, -0.2) is 64.7 Å². The molecule has 0 radical (unpaired) electrons. The van der Waals surface area contributed by atoms with Gasteiger partial charge in [-0.15, -0.1) is 11.3 Å². The number of carbonyl (C=O) groups is 3. The van der Waals surface area contributed by atoms with Gasteiger partial charge < -0.3 is 29.4 Å². The number of carboxylic acids is 1. The van der Waals surface area contributed by atoms with Crippen LogP contribution in [0.15, 0.2) is 54.9 Å². The van der Waals surface area contributed by atoms with E-state index < -0.39 is 35.4 Å². The highest BCUT2D eigenvalue weighted by Gasteiger charge is 2.25. The summed E-state index contributed by atoms with van der Waals surface area (Å²) in [6, 6.07) is 8.91. The molecule has 0 saturated heterocycles. The first kappa shape index (κ1) is 31.5. The number of esters is 1. The van der Waals surface area contributed by atoms with Crippen LogP contribution in [0.3, 0.4) is 0 Å². The molecule has 0 aliphatic rings. The van der Waals surface area contributed by atoms with Crippen LogP contribution in [-0.2, 0) is 30.4 Å². The van der Waals surface area contributed by atoms with Crippen molar-refractivity contribution in [3.8, 4) is 22.1 Å². The number of thiophene rings is 1. The van der Waals surface area contributed by atoms with Gasteiger partial charge in [0.15, 0.2) is 23.9 Å².